The van der Waals surface area contributed by atoms with E-state index in [0.29, 0.717) is 28.3 Å². The van der Waals surface area contributed by atoms with Gasteiger partial charge in [-0.25, -0.2) is 9.07 Å². The molecule has 1 amide bonds. The first-order chi connectivity index (χ1) is 16.3. The molecule has 5 rings (SSSR count). The van der Waals surface area contributed by atoms with Gasteiger partial charge in [-0.05, 0) is 79.8 Å². The minimum Gasteiger partial charge on any atom is -0.397 e. The molecule has 1 aromatic heterocycles. The Morgan fingerprint density at radius 1 is 1.09 bits per heavy atom. The molecule has 0 spiro atoms. The Labute approximate surface area is 197 Å². The lowest BCUT2D eigenvalue weighted by molar-refractivity contribution is 0.102. The molecule has 0 bridgehead atoms. The van der Waals surface area contributed by atoms with Crippen LogP contribution in [0.25, 0.3) is 22.6 Å². The van der Waals surface area contributed by atoms with E-state index in [2.05, 4.69) is 11.9 Å². The second kappa shape index (κ2) is 8.30. The number of halogens is 1. The third-order valence-electron chi connectivity index (χ3n) is 6.46. The van der Waals surface area contributed by atoms with E-state index in [-0.39, 0.29) is 11.7 Å². The van der Waals surface area contributed by atoms with E-state index >= 15 is 0 Å². The van der Waals surface area contributed by atoms with Gasteiger partial charge in [0.25, 0.3) is 5.91 Å². The monoisotopic (exact) mass is 452 g/mol. The molecule has 0 saturated heterocycles. The van der Waals surface area contributed by atoms with Crippen molar-refractivity contribution < 1.29 is 9.18 Å². The topological polar surface area (TPSA) is 72.9 Å². The first kappa shape index (κ1) is 21.6. The predicted molar refractivity (Wildman–Crippen MR) is 133 cm³/mol. The molecule has 3 aromatic carbocycles. The largest absolute Gasteiger partial charge is 0.397 e. The number of rotatable bonds is 4. The van der Waals surface area contributed by atoms with E-state index in [1.165, 1.54) is 12.1 Å². The maximum Gasteiger partial charge on any atom is 0.255 e. The van der Waals surface area contributed by atoms with Crippen LogP contribution in [0.1, 0.15) is 38.3 Å². The number of nitrogens with one attached hydrogen (secondary N) is 1. The average molecular weight is 453 g/mol. The molecule has 170 valence electrons. The molecule has 0 radical (unpaired) electrons. The van der Waals surface area contributed by atoms with Crippen LogP contribution in [0.2, 0.25) is 0 Å². The zero-order valence-electron chi connectivity index (χ0n) is 19.2. The molecule has 0 saturated carbocycles. The molecule has 0 unspecified atom stereocenters. The van der Waals surface area contributed by atoms with Crippen LogP contribution in [0.5, 0.6) is 0 Å². The van der Waals surface area contributed by atoms with Gasteiger partial charge in [-0.15, -0.1) is 0 Å². The minimum atomic E-state index is -0.347. The van der Waals surface area contributed by atoms with Crippen molar-refractivity contribution in [1.29, 1.82) is 0 Å². The number of hydrogen-bond acceptors (Lipinski definition) is 3. The molecule has 0 aliphatic heterocycles. The first-order valence-electron chi connectivity index (χ1n) is 11.2. The summed E-state index contributed by atoms with van der Waals surface area (Å²) in [6, 6.07) is 17.9. The summed E-state index contributed by atoms with van der Waals surface area (Å²) in [5.41, 5.74) is 14.9. The number of aryl methyl sites for hydroxylation is 2. The van der Waals surface area contributed by atoms with E-state index in [4.69, 9.17) is 10.8 Å². The highest BCUT2D eigenvalue weighted by atomic mass is 19.1. The van der Waals surface area contributed by atoms with Gasteiger partial charge in [-0.1, -0.05) is 30.8 Å². The maximum absolute atomic E-state index is 14.0. The van der Waals surface area contributed by atoms with Gasteiger partial charge < -0.3 is 11.1 Å². The van der Waals surface area contributed by atoms with Gasteiger partial charge in [0.2, 0.25) is 0 Å². The summed E-state index contributed by atoms with van der Waals surface area (Å²) in [7, 11) is 0. The van der Waals surface area contributed by atoms with Crippen molar-refractivity contribution in [1.82, 2.24) is 9.78 Å². The van der Waals surface area contributed by atoms with E-state index in [0.717, 1.165) is 46.4 Å². The number of nitrogens with zero attached hydrogens (tertiary/aromatic N) is 2. The molecular formula is C28H25FN4O. The van der Waals surface area contributed by atoms with Crippen LogP contribution < -0.4 is 11.1 Å². The average Bonchev–Trinajstić information content (AvgIpc) is 3.21. The Bertz CT molecular complexity index is 1470. The zero-order valence-corrected chi connectivity index (χ0v) is 19.2. The normalized spacial score (nSPS) is 12.1. The fourth-order valence-corrected chi connectivity index (χ4v) is 4.56. The van der Waals surface area contributed by atoms with Crippen molar-refractivity contribution in [2.75, 3.05) is 5.32 Å². The van der Waals surface area contributed by atoms with Crippen molar-refractivity contribution in [2.45, 2.75) is 26.7 Å². The number of anilines is 1. The standard InChI is InChI=1S/C28H25FN4O/c1-16-6-4-9-23(17(16)2)28(34)31-21-12-10-19-11-13-24-26(18(3)30)32-33(27(24)25(19)15-21)22-8-5-7-20(29)14-22/h4-10,12,14-15H,3,11,13,30H2,1-2H3,(H,31,34). The third kappa shape index (κ3) is 3.67. The Morgan fingerprint density at radius 2 is 1.88 bits per heavy atom. The van der Waals surface area contributed by atoms with Gasteiger partial charge in [0.15, 0.2) is 0 Å². The van der Waals surface area contributed by atoms with Crippen LogP contribution in [0.15, 0.2) is 67.2 Å². The van der Waals surface area contributed by atoms with E-state index < -0.39 is 0 Å². The third-order valence-corrected chi connectivity index (χ3v) is 6.46. The molecule has 0 atom stereocenters. The van der Waals surface area contributed by atoms with Gasteiger partial charge in [0.05, 0.1) is 17.1 Å². The highest BCUT2D eigenvalue weighted by Gasteiger charge is 2.27. The van der Waals surface area contributed by atoms with Crippen molar-refractivity contribution in [2.24, 2.45) is 5.73 Å². The van der Waals surface area contributed by atoms with Crippen LogP contribution in [0.4, 0.5) is 10.1 Å². The summed E-state index contributed by atoms with van der Waals surface area (Å²) in [5, 5.41) is 7.73. The maximum atomic E-state index is 14.0. The number of fused-ring (bicyclic) bond motifs is 3. The second-order valence-corrected chi connectivity index (χ2v) is 8.67. The summed E-state index contributed by atoms with van der Waals surface area (Å²) in [5.74, 6) is -0.507. The number of carbonyl (C=O) groups is 1. The lowest BCUT2D eigenvalue weighted by Crippen LogP contribution is -2.15. The molecular weight excluding hydrogens is 427 g/mol. The summed E-state index contributed by atoms with van der Waals surface area (Å²) < 4.78 is 15.8. The number of nitrogens with two attached hydrogens (primary N) is 1. The minimum absolute atomic E-state index is 0.160. The van der Waals surface area contributed by atoms with Crippen LogP contribution in [0.3, 0.4) is 0 Å². The SMILES string of the molecule is C=C(N)c1nn(-c2cccc(F)c2)c2c1CCc1ccc(NC(=O)c3cccc(C)c3C)cc1-2. The lowest BCUT2D eigenvalue weighted by Gasteiger charge is -2.20. The molecule has 34 heavy (non-hydrogen) atoms. The van der Waals surface area contributed by atoms with Crippen molar-refractivity contribution in [3.05, 3.63) is 107 Å². The van der Waals surface area contributed by atoms with Crippen molar-refractivity contribution in [3.8, 4) is 16.9 Å². The smallest absolute Gasteiger partial charge is 0.255 e. The number of hydrogen-bond donors (Lipinski definition) is 2. The van der Waals surface area contributed by atoms with Crippen LogP contribution in [0, 0.1) is 19.7 Å². The number of amides is 1. The quantitative estimate of drug-likeness (QED) is 0.425. The summed E-state index contributed by atoms with van der Waals surface area (Å²) in [4.78, 5) is 13.0. The van der Waals surface area contributed by atoms with Crippen LogP contribution in [-0.4, -0.2) is 15.7 Å². The summed E-state index contributed by atoms with van der Waals surface area (Å²) >= 11 is 0. The molecule has 1 heterocycles. The predicted octanol–water partition coefficient (Wildman–Crippen LogP) is 5.58. The highest BCUT2D eigenvalue weighted by molar-refractivity contribution is 6.05. The molecule has 1 aliphatic rings. The van der Waals surface area contributed by atoms with Crippen LogP contribution in [-0.2, 0) is 12.8 Å². The van der Waals surface area contributed by atoms with Gasteiger partial charge in [-0.2, -0.15) is 5.10 Å². The van der Waals surface area contributed by atoms with Gasteiger partial charge in [0, 0.05) is 22.4 Å². The van der Waals surface area contributed by atoms with Gasteiger partial charge >= 0.3 is 0 Å². The molecule has 5 nitrogen and oxygen atoms in total. The second-order valence-electron chi connectivity index (χ2n) is 8.67. The molecule has 3 N–H and O–H groups in total. The van der Waals surface area contributed by atoms with Crippen molar-refractivity contribution >= 4 is 17.3 Å². The number of carbonyl (C=O) groups excluding carboxylic acids is 1. The van der Waals surface area contributed by atoms with Gasteiger partial charge in [-0.3, -0.25) is 4.79 Å². The van der Waals surface area contributed by atoms with E-state index in [1.54, 1.807) is 16.8 Å². The Kier molecular flexibility index (Phi) is 5.28. The summed E-state index contributed by atoms with van der Waals surface area (Å²) in [6.07, 6.45) is 1.56. The van der Waals surface area contributed by atoms with Crippen molar-refractivity contribution in [3.63, 3.8) is 0 Å². The Balaban J connectivity index is 1.61. The van der Waals surface area contributed by atoms with E-state index in [1.807, 2.05) is 50.2 Å². The highest BCUT2D eigenvalue weighted by Crippen LogP contribution is 2.39. The molecule has 6 heteroatoms. The Hall–Kier alpha value is -4.19. The number of benzene rings is 3. The van der Waals surface area contributed by atoms with E-state index in [9.17, 15) is 9.18 Å². The fraction of sp³-hybridized carbons (Fsp3) is 0.143. The van der Waals surface area contributed by atoms with Crippen LogP contribution >= 0.6 is 0 Å². The zero-order chi connectivity index (χ0) is 24.0. The molecule has 4 aromatic rings. The lowest BCUT2D eigenvalue weighted by atomic mass is 9.88. The fourth-order valence-electron chi connectivity index (χ4n) is 4.56. The first-order valence-corrected chi connectivity index (χ1v) is 11.2. The molecule has 0 fully saturated rings. The number of aromatic nitrogens is 2. The summed E-state index contributed by atoms with van der Waals surface area (Å²) in [6.45, 7) is 7.83. The van der Waals surface area contributed by atoms with Gasteiger partial charge in [0.1, 0.15) is 11.5 Å². The Morgan fingerprint density at radius 3 is 2.65 bits per heavy atom. The molecule has 1 aliphatic carbocycles.